The van der Waals surface area contributed by atoms with Crippen LogP contribution in [0, 0.1) is 0 Å². The molecule has 1 amide bonds. The van der Waals surface area contributed by atoms with Crippen molar-refractivity contribution in [3.8, 4) is 0 Å². The van der Waals surface area contributed by atoms with Gasteiger partial charge in [-0.3, -0.25) is 9.89 Å². The number of benzene rings is 1. The molecular formula is C12H11N5O. The second kappa shape index (κ2) is 3.99. The molecule has 6 nitrogen and oxygen atoms in total. The van der Waals surface area contributed by atoms with Crippen LogP contribution in [0.5, 0.6) is 0 Å². The Hall–Kier alpha value is -2.63. The molecule has 2 N–H and O–H groups in total. The van der Waals surface area contributed by atoms with Gasteiger partial charge in [0, 0.05) is 12.4 Å². The molecule has 6 heteroatoms. The number of amides is 1. The summed E-state index contributed by atoms with van der Waals surface area (Å²) in [6, 6.07) is 7.62. The smallest absolute Gasteiger partial charge is 0.275 e. The summed E-state index contributed by atoms with van der Waals surface area (Å²) in [4.78, 5) is 15.9. The lowest BCUT2D eigenvalue weighted by Crippen LogP contribution is -2.15. The summed E-state index contributed by atoms with van der Waals surface area (Å²) in [6.45, 7) is 0. The van der Waals surface area contributed by atoms with Crippen LogP contribution in [0.1, 0.15) is 10.5 Å². The molecule has 1 aromatic carbocycles. The van der Waals surface area contributed by atoms with Gasteiger partial charge in [-0.25, -0.2) is 4.98 Å². The second-order valence-electron chi connectivity index (χ2n) is 3.96. The lowest BCUT2D eigenvalue weighted by molar-refractivity contribution is 0.101. The Balaban J connectivity index is 1.93. The second-order valence-corrected chi connectivity index (χ2v) is 3.96. The number of para-hydroxylation sites is 1. The van der Waals surface area contributed by atoms with Crippen LogP contribution in [-0.4, -0.2) is 25.7 Å². The van der Waals surface area contributed by atoms with E-state index in [4.69, 9.17) is 0 Å². The molecule has 0 aliphatic rings. The van der Waals surface area contributed by atoms with Gasteiger partial charge >= 0.3 is 0 Å². The van der Waals surface area contributed by atoms with E-state index >= 15 is 0 Å². The highest BCUT2D eigenvalue weighted by molar-refractivity contribution is 6.06. The van der Waals surface area contributed by atoms with E-state index in [1.807, 2.05) is 24.3 Å². The van der Waals surface area contributed by atoms with E-state index in [0.717, 1.165) is 10.9 Å². The Bertz CT molecular complexity index is 712. The van der Waals surface area contributed by atoms with Crippen molar-refractivity contribution in [1.29, 1.82) is 0 Å². The van der Waals surface area contributed by atoms with Crippen LogP contribution in [0.4, 0.5) is 5.82 Å². The Morgan fingerprint density at radius 3 is 3.00 bits per heavy atom. The van der Waals surface area contributed by atoms with Crippen molar-refractivity contribution in [2.75, 3.05) is 5.32 Å². The van der Waals surface area contributed by atoms with Crippen LogP contribution in [-0.2, 0) is 7.05 Å². The standard InChI is InChI=1S/C12H11N5O/c1-17-7-13-6-10(17)12(18)14-11-8-4-2-3-5-9(8)15-16-11/h2-7H,1H3,(H2,14,15,16,18). The van der Waals surface area contributed by atoms with Crippen LogP contribution < -0.4 is 5.32 Å². The van der Waals surface area contributed by atoms with Gasteiger partial charge in [-0.15, -0.1) is 0 Å². The number of aromatic nitrogens is 4. The quantitative estimate of drug-likeness (QED) is 0.714. The highest BCUT2D eigenvalue weighted by Gasteiger charge is 2.13. The van der Waals surface area contributed by atoms with Crippen molar-refractivity contribution in [2.45, 2.75) is 0 Å². The number of nitrogens with one attached hydrogen (secondary N) is 2. The molecule has 3 aromatic rings. The van der Waals surface area contributed by atoms with E-state index in [1.54, 1.807) is 17.9 Å². The third kappa shape index (κ3) is 1.64. The largest absolute Gasteiger partial charge is 0.330 e. The zero-order valence-electron chi connectivity index (χ0n) is 9.71. The maximum absolute atomic E-state index is 12.0. The van der Waals surface area contributed by atoms with Crippen LogP contribution in [0.3, 0.4) is 0 Å². The fourth-order valence-corrected chi connectivity index (χ4v) is 1.81. The van der Waals surface area contributed by atoms with Gasteiger partial charge in [0.1, 0.15) is 5.69 Å². The summed E-state index contributed by atoms with van der Waals surface area (Å²) in [5.74, 6) is 0.295. The summed E-state index contributed by atoms with van der Waals surface area (Å²) in [5.41, 5.74) is 1.37. The molecule has 2 aromatic heterocycles. The van der Waals surface area contributed by atoms with Gasteiger partial charge in [0.25, 0.3) is 5.91 Å². The SMILES string of the molecule is Cn1cncc1C(=O)Nc1n[nH]c2ccccc12. The lowest BCUT2D eigenvalue weighted by atomic mass is 10.2. The molecule has 0 unspecified atom stereocenters. The molecule has 0 fully saturated rings. The number of rotatable bonds is 2. The third-order valence-corrected chi connectivity index (χ3v) is 2.75. The van der Waals surface area contributed by atoms with Crippen LogP contribution in [0.15, 0.2) is 36.8 Å². The average molecular weight is 241 g/mol. The number of anilines is 1. The highest BCUT2D eigenvalue weighted by atomic mass is 16.2. The average Bonchev–Trinajstić information content (AvgIpc) is 2.97. The zero-order chi connectivity index (χ0) is 12.5. The number of nitrogens with zero attached hydrogens (tertiary/aromatic N) is 3. The molecular weight excluding hydrogens is 230 g/mol. The van der Waals surface area contributed by atoms with Gasteiger partial charge in [0.15, 0.2) is 5.82 Å². The molecule has 0 radical (unpaired) electrons. The Kier molecular flexibility index (Phi) is 2.33. The molecule has 2 heterocycles. The van der Waals surface area contributed by atoms with Gasteiger partial charge in [0.05, 0.1) is 18.0 Å². The Labute approximate surface area is 103 Å². The van der Waals surface area contributed by atoms with Crippen molar-refractivity contribution < 1.29 is 4.79 Å². The third-order valence-electron chi connectivity index (χ3n) is 2.75. The van der Waals surface area contributed by atoms with Gasteiger partial charge in [-0.2, -0.15) is 5.10 Å². The number of H-pyrrole nitrogens is 1. The zero-order valence-corrected chi connectivity index (χ0v) is 9.71. The van der Waals surface area contributed by atoms with Crippen molar-refractivity contribution >= 4 is 22.6 Å². The predicted octanol–water partition coefficient (Wildman–Crippen LogP) is 1.55. The van der Waals surface area contributed by atoms with E-state index < -0.39 is 0 Å². The molecule has 0 atom stereocenters. The van der Waals surface area contributed by atoms with Gasteiger partial charge in [-0.1, -0.05) is 12.1 Å². The molecule has 0 spiro atoms. The number of aromatic amines is 1. The summed E-state index contributed by atoms with van der Waals surface area (Å²) in [6.07, 6.45) is 3.10. The first kappa shape index (κ1) is 10.5. The normalized spacial score (nSPS) is 10.7. The Morgan fingerprint density at radius 2 is 2.22 bits per heavy atom. The lowest BCUT2D eigenvalue weighted by Gasteiger charge is -2.02. The maximum atomic E-state index is 12.0. The molecule has 0 saturated carbocycles. The number of hydrogen-bond acceptors (Lipinski definition) is 3. The summed E-state index contributed by atoms with van der Waals surface area (Å²) < 4.78 is 1.66. The van der Waals surface area contributed by atoms with Crippen LogP contribution in [0.25, 0.3) is 10.9 Å². The number of aryl methyl sites for hydroxylation is 1. The monoisotopic (exact) mass is 241 g/mol. The van der Waals surface area contributed by atoms with Crippen LogP contribution >= 0.6 is 0 Å². The highest BCUT2D eigenvalue weighted by Crippen LogP contribution is 2.19. The summed E-state index contributed by atoms with van der Waals surface area (Å²) in [5, 5.41) is 10.6. The molecule has 3 rings (SSSR count). The fourth-order valence-electron chi connectivity index (χ4n) is 1.81. The molecule has 0 aliphatic carbocycles. The van der Waals surface area contributed by atoms with E-state index in [2.05, 4.69) is 20.5 Å². The topological polar surface area (TPSA) is 75.6 Å². The molecule has 18 heavy (non-hydrogen) atoms. The van der Waals surface area contributed by atoms with E-state index in [9.17, 15) is 4.79 Å². The molecule has 0 aliphatic heterocycles. The summed E-state index contributed by atoms with van der Waals surface area (Å²) in [7, 11) is 1.77. The van der Waals surface area contributed by atoms with Crippen molar-refractivity contribution in [3.05, 3.63) is 42.5 Å². The molecule has 90 valence electrons. The van der Waals surface area contributed by atoms with Crippen LogP contribution in [0.2, 0.25) is 0 Å². The Morgan fingerprint density at radius 1 is 1.39 bits per heavy atom. The van der Waals surface area contributed by atoms with Gasteiger partial charge < -0.3 is 9.88 Å². The number of fused-ring (bicyclic) bond motifs is 1. The van der Waals surface area contributed by atoms with Crippen molar-refractivity contribution in [1.82, 2.24) is 19.7 Å². The van der Waals surface area contributed by atoms with E-state index in [-0.39, 0.29) is 5.91 Å². The fraction of sp³-hybridized carbons (Fsp3) is 0.0833. The van der Waals surface area contributed by atoms with E-state index in [0.29, 0.717) is 11.5 Å². The van der Waals surface area contributed by atoms with Gasteiger partial charge in [-0.05, 0) is 12.1 Å². The van der Waals surface area contributed by atoms with Gasteiger partial charge in [0.2, 0.25) is 0 Å². The van der Waals surface area contributed by atoms with E-state index in [1.165, 1.54) is 6.20 Å². The maximum Gasteiger partial charge on any atom is 0.275 e. The first-order valence-electron chi connectivity index (χ1n) is 5.46. The number of carbonyl (C=O) groups is 1. The van der Waals surface area contributed by atoms with Crippen molar-refractivity contribution in [3.63, 3.8) is 0 Å². The minimum Gasteiger partial charge on any atom is -0.330 e. The number of imidazole rings is 1. The first-order valence-corrected chi connectivity index (χ1v) is 5.46. The number of carbonyl (C=O) groups excluding carboxylic acids is 1. The molecule has 0 saturated heterocycles. The first-order chi connectivity index (χ1) is 8.75. The number of hydrogen-bond donors (Lipinski definition) is 2. The predicted molar refractivity (Wildman–Crippen MR) is 67.3 cm³/mol. The minimum atomic E-state index is -0.229. The van der Waals surface area contributed by atoms with Crippen molar-refractivity contribution in [2.24, 2.45) is 7.05 Å². The summed E-state index contributed by atoms with van der Waals surface area (Å²) >= 11 is 0. The molecule has 0 bridgehead atoms. The minimum absolute atomic E-state index is 0.229.